The van der Waals surface area contributed by atoms with E-state index in [1.165, 1.54) is 12.1 Å². The fourth-order valence-corrected chi connectivity index (χ4v) is 4.72. The monoisotopic (exact) mass is 314 g/mol. The summed E-state index contributed by atoms with van der Waals surface area (Å²) in [5.74, 6) is 0.156. The molecule has 1 heterocycles. The summed E-state index contributed by atoms with van der Waals surface area (Å²) in [5, 5.41) is 0. The van der Waals surface area contributed by atoms with Gasteiger partial charge in [-0.3, -0.25) is 4.90 Å². The molecule has 6 heteroatoms. The Kier molecular flexibility index (Phi) is 4.70. The summed E-state index contributed by atoms with van der Waals surface area (Å²) < 4.78 is 36.6. The first-order valence-electron chi connectivity index (χ1n) is 7.14. The van der Waals surface area contributed by atoms with E-state index in [0.29, 0.717) is 19.4 Å². The second kappa shape index (κ2) is 6.02. The van der Waals surface area contributed by atoms with Crippen LogP contribution in [-0.4, -0.2) is 50.0 Å². The predicted molar refractivity (Wildman–Crippen MR) is 82.4 cm³/mol. The van der Waals surface area contributed by atoms with Crippen LogP contribution in [0.25, 0.3) is 0 Å². The molecule has 1 aliphatic rings. The maximum absolute atomic E-state index is 13.3. The number of likely N-dealkylation sites (N-methyl/N-ethyl adjacent to an activating group) is 1. The second-order valence-corrected chi connectivity index (χ2v) is 8.40. The molecule has 0 spiro atoms. The Labute approximate surface area is 126 Å². The molecule has 0 saturated carbocycles. The first-order chi connectivity index (χ1) is 9.76. The Balaban J connectivity index is 2.16. The third kappa shape index (κ3) is 3.81. The van der Waals surface area contributed by atoms with Crippen molar-refractivity contribution in [2.75, 3.05) is 25.1 Å². The average Bonchev–Trinajstić information content (AvgIpc) is 2.78. The molecule has 2 unspecified atom stereocenters. The lowest BCUT2D eigenvalue weighted by atomic mass is 9.89. The van der Waals surface area contributed by atoms with Gasteiger partial charge in [0.2, 0.25) is 0 Å². The number of hydrogen-bond donors (Lipinski definition) is 1. The van der Waals surface area contributed by atoms with Crippen molar-refractivity contribution in [2.24, 2.45) is 5.73 Å². The van der Waals surface area contributed by atoms with Crippen molar-refractivity contribution in [2.45, 2.75) is 31.3 Å². The highest BCUT2D eigenvalue weighted by Crippen LogP contribution is 2.26. The minimum Gasteiger partial charge on any atom is -0.329 e. The van der Waals surface area contributed by atoms with E-state index in [1.54, 1.807) is 6.07 Å². The van der Waals surface area contributed by atoms with Gasteiger partial charge >= 0.3 is 0 Å². The van der Waals surface area contributed by atoms with Crippen LogP contribution < -0.4 is 5.73 Å². The number of nitrogens with zero attached hydrogens (tertiary/aromatic N) is 1. The van der Waals surface area contributed by atoms with E-state index >= 15 is 0 Å². The molecule has 0 radical (unpaired) electrons. The van der Waals surface area contributed by atoms with Gasteiger partial charge in [-0.15, -0.1) is 0 Å². The van der Waals surface area contributed by atoms with Crippen LogP contribution in [0.4, 0.5) is 4.39 Å². The third-order valence-electron chi connectivity index (χ3n) is 4.52. The summed E-state index contributed by atoms with van der Waals surface area (Å²) in [4.78, 5) is 2.06. The zero-order valence-electron chi connectivity index (χ0n) is 12.5. The van der Waals surface area contributed by atoms with Crippen LogP contribution >= 0.6 is 0 Å². The molecule has 0 bridgehead atoms. The van der Waals surface area contributed by atoms with Crippen molar-refractivity contribution in [1.29, 1.82) is 0 Å². The summed E-state index contributed by atoms with van der Waals surface area (Å²) in [6, 6.07) is 6.46. The standard InChI is InChI=1S/C15H23FN2O2S/c1-15(11-17,9-12-4-3-5-13(16)8-12)18(2)14-6-7-21(19,20)10-14/h3-5,8,14H,6-7,9-11,17H2,1-2H3. The molecule has 21 heavy (non-hydrogen) atoms. The van der Waals surface area contributed by atoms with Gasteiger partial charge in [-0.25, -0.2) is 12.8 Å². The molecule has 1 fully saturated rings. The molecule has 1 aromatic rings. The summed E-state index contributed by atoms with van der Waals surface area (Å²) in [5.41, 5.74) is 6.42. The smallest absolute Gasteiger partial charge is 0.151 e. The van der Waals surface area contributed by atoms with Gasteiger partial charge in [-0.1, -0.05) is 12.1 Å². The summed E-state index contributed by atoms with van der Waals surface area (Å²) >= 11 is 0. The summed E-state index contributed by atoms with van der Waals surface area (Å²) in [6.07, 6.45) is 1.23. The quantitative estimate of drug-likeness (QED) is 0.887. The number of nitrogens with two attached hydrogens (primary N) is 1. The summed E-state index contributed by atoms with van der Waals surface area (Å²) in [7, 11) is -1.02. The maximum Gasteiger partial charge on any atom is 0.151 e. The number of sulfone groups is 1. The fourth-order valence-electron chi connectivity index (χ4n) is 2.95. The van der Waals surface area contributed by atoms with Crippen molar-refractivity contribution in [3.63, 3.8) is 0 Å². The molecule has 0 aromatic heterocycles. The van der Waals surface area contributed by atoms with E-state index in [9.17, 15) is 12.8 Å². The van der Waals surface area contributed by atoms with Gasteiger partial charge in [-0.05, 0) is 44.5 Å². The third-order valence-corrected chi connectivity index (χ3v) is 6.27. The van der Waals surface area contributed by atoms with Crippen molar-refractivity contribution in [1.82, 2.24) is 4.90 Å². The van der Waals surface area contributed by atoms with Crippen LogP contribution in [0, 0.1) is 5.82 Å². The molecule has 1 saturated heterocycles. The first kappa shape index (κ1) is 16.4. The predicted octanol–water partition coefficient (Wildman–Crippen LogP) is 1.20. The Morgan fingerprint density at radius 3 is 2.71 bits per heavy atom. The van der Waals surface area contributed by atoms with E-state index < -0.39 is 15.4 Å². The van der Waals surface area contributed by atoms with Gasteiger partial charge in [-0.2, -0.15) is 0 Å². The number of halogens is 1. The van der Waals surface area contributed by atoms with Crippen molar-refractivity contribution >= 4 is 9.84 Å². The number of benzene rings is 1. The molecular formula is C15H23FN2O2S. The molecule has 1 aliphatic heterocycles. The highest BCUT2D eigenvalue weighted by atomic mass is 32.2. The number of hydrogen-bond acceptors (Lipinski definition) is 4. The Bertz CT molecular complexity index is 605. The molecule has 0 amide bonds. The van der Waals surface area contributed by atoms with Crippen molar-refractivity contribution < 1.29 is 12.8 Å². The van der Waals surface area contributed by atoms with Crippen LogP contribution in [0.5, 0.6) is 0 Å². The van der Waals surface area contributed by atoms with E-state index in [4.69, 9.17) is 5.73 Å². The first-order valence-corrected chi connectivity index (χ1v) is 8.96. The van der Waals surface area contributed by atoms with Crippen LogP contribution in [-0.2, 0) is 16.3 Å². The normalized spacial score (nSPS) is 24.1. The zero-order chi connectivity index (χ0) is 15.7. The van der Waals surface area contributed by atoms with Crippen LogP contribution in [0.15, 0.2) is 24.3 Å². The SMILES string of the molecule is CN(C1CCS(=O)(=O)C1)C(C)(CN)Cc1cccc(F)c1. The van der Waals surface area contributed by atoms with E-state index in [1.807, 2.05) is 20.0 Å². The van der Waals surface area contributed by atoms with Gasteiger partial charge in [0.25, 0.3) is 0 Å². The van der Waals surface area contributed by atoms with E-state index in [-0.39, 0.29) is 23.4 Å². The molecule has 0 aliphatic carbocycles. The average molecular weight is 314 g/mol. The molecule has 2 N–H and O–H groups in total. The lowest BCUT2D eigenvalue weighted by molar-refractivity contribution is 0.103. The Hall–Kier alpha value is -0.980. The van der Waals surface area contributed by atoms with Crippen LogP contribution in [0.3, 0.4) is 0 Å². The topological polar surface area (TPSA) is 63.4 Å². The molecule has 1 aromatic carbocycles. The van der Waals surface area contributed by atoms with Crippen LogP contribution in [0.2, 0.25) is 0 Å². The molecule has 2 atom stereocenters. The highest BCUT2D eigenvalue weighted by molar-refractivity contribution is 7.91. The number of rotatable bonds is 5. The van der Waals surface area contributed by atoms with E-state index in [0.717, 1.165) is 5.56 Å². The van der Waals surface area contributed by atoms with Crippen molar-refractivity contribution in [3.8, 4) is 0 Å². The lowest BCUT2D eigenvalue weighted by Gasteiger charge is -2.41. The molecule has 4 nitrogen and oxygen atoms in total. The largest absolute Gasteiger partial charge is 0.329 e. The van der Waals surface area contributed by atoms with Gasteiger partial charge in [0.15, 0.2) is 9.84 Å². The molecule has 2 rings (SSSR count). The van der Waals surface area contributed by atoms with Crippen LogP contribution in [0.1, 0.15) is 18.9 Å². The van der Waals surface area contributed by atoms with Gasteiger partial charge in [0, 0.05) is 18.1 Å². The van der Waals surface area contributed by atoms with Gasteiger partial charge < -0.3 is 5.73 Å². The Morgan fingerprint density at radius 2 is 2.19 bits per heavy atom. The highest BCUT2D eigenvalue weighted by Gasteiger charge is 2.38. The zero-order valence-corrected chi connectivity index (χ0v) is 13.4. The van der Waals surface area contributed by atoms with Gasteiger partial charge in [0.1, 0.15) is 5.82 Å². The van der Waals surface area contributed by atoms with E-state index in [2.05, 4.69) is 4.90 Å². The fraction of sp³-hybridized carbons (Fsp3) is 0.600. The Morgan fingerprint density at radius 1 is 1.48 bits per heavy atom. The minimum atomic E-state index is -2.93. The lowest BCUT2D eigenvalue weighted by Crippen LogP contribution is -2.55. The molecule has 118 valence electrons. The summed E-state index contributed by atoms with van der Waals surface area (Å²) in [6.45, 7) is 2.39. The molecular weight excluding hydrogens is 291 g/mol. The van der Waals surface area contributed by atoms with Crippen molar-refractivity contribution in [3.05, 3.63) is 35.6 Å². The minimum absolute atomic E-state index is 0.0166. The maximum atomic E-state index is 13.3. The van der Waals surface area contributed by atoms with Gasteiger partial charge in [0.05, 0.1) is 11.5 Å². The second-order valence-electron chi connectivity index (χ2n) is 6.18.